The lowest BCUT2D eigenvalue weighted by Gasteiger charge is -2.19. The number of hydrogen-bond donors (Lipinski definition) is 2. The summed E-state index contributed by atoms with van der Waals surface area (Å²) in [5.74, 6) is -0.274. The normalized spacial score (nSPS) is 12.8. The molecule has 0 spiro atoms. The predicted molar refractivity (Wildman–Crippen MR) is 101 cm³/mol. The Kier molecular flexibility index (Phi) is 8.15. The van der Waals surface area contributed by atoms with Crippen LogP contribution in [0, 0.1) is 5.41 Å². The first-order valence-corrected chi connectivity index (χ1v) is 8.43. The second kappa shape index (κ2) is 9.84. The first-order chi connectivity index (χ1) is 11.7. The zero-order valence-corrected chi connectivity index (χ0v) is 15.7. The fourth-order valence-electron chi connectivity index (χ4n) is 2.10. The van der Waals surface area contributed by atoms with Crippen molar-refractivity contribution in [3.63, 3.8) is 0 Å². The van der Waals surface area contributed by atoms with E-state index in [2.05, 4.69) is 15.3 Å². The van der Waals surface area contributed by atoms with E-state index in [0.29, 0.717) is 29.9 Å². The third-order valence-corrected chi connectivity index (χ3v) is 3.01. The highest BCUT2D eigenvalue weighted by molar-refractivity contribution is 6.17. The van der Waals surface area contributed by atoms with Crippen LogP contribution in [-0.4, -0.2) is 41.2 Å². The number of ether oxygens (including phenoxy) is 1. The van der Waals surface area contributed by atoms with E-state index in [4.69, 9.17) is 10.1 Å². The van der Waals surface area contributed by atoms with Crippen molar-refractivity contribution in [2.75, 3.05) is 13.1 Å². The molecule has 0 saturated carbocycles. The van der Waals surface area contributed by atoms with E-state index in [9.17, 15) is 4.79 Å². The molecule has 0 amide bonds. The van der Waals surface area contributed by atoms with E-state index in [1.165, 1.54) is 6.08 Å². The lowest BCUT2D eigenvalue weighted by Crippen LogP contribution is -2.24. The van der Waals surface area contributed by atoms with Crippen molar-refractivity contribution in [2.45, 2.75) is 46.6 Å². The second-order valence-corrected chi connectivity index (χ2v) is 6.57. The topological polar surface area (TPSA) is 87.4 Å². The number of nitrogens with zero attached hydrogens (tertiary/aromatic N) is 2. The number of carbonyl (C=O) groups is 1. The fourth-order valence-corrected chi connectivity index (χ4v) is 2.10. The number of aromatic nitrogens is 1. The van der Waals surface area contributed by atoms with Gasteiger partial charge in [0.25, 0.3) is 0 Å². The highest BCUT2D eigenvalue weighted by Gasteiger charge is 2.18. The lowest BCUT2D eigenvalue weighted by atomic mass is 10.0. The molecule has 0 saturated heterocycles. The van der Waals surface area contributed by atoms with Gasteiger partial charge in [-0.15, -0.1) is 0 Å². The zero-order chi connectivity index (χ0) is 18.9. The predicted octanol–water partition coefficient (Wildman–Crippen LogP) is 3.14. The Labute approximate surface area is 149 Å². The van der Waals surface area contributed by atoms with Gasteiger partial charge < -0.3 is 10.1 Å². The molecule has 1 rings (SSSR count). The van der Waals surface area contributed by atoms with Gasteiger partial charge in [0.2, 0.25) is 0 Å². The Morgan fingerprint density at radius 1 is 1.40 bits per heavy atom. The van der Waals surface area contributed by atoms with Gasteiger partial charge in [-0.3, -0.25) is 10.4 Å². The summed E-state index contributed by atoms with van der Waals surface area (Å²) in [6.07, 6.45) is 3.70. The van der Waals surface area contributed by atoms with E-state index in [-0.39, 0.29) is 5.84 Å². The average Bonchev–Trinajstić information content (AvgIpc) is 2.51. The van der Waals surface area contributed by atoms with Crippen LogP contribution in [0.5, 0.6) is 0 Å². The first kappa shape index (κ1) is 20.7. The summed E-state index contributed by atoms with van der Waals surface area (Å²) in [5, 5.41) is 11.0. The maximum Gasteiger partial charge on any atom is 0.331 e. The van der Waals surface area contributed by atoms with Crippen LogP contribution >= 0.6 is 0 Å². The number of pyridine rings is 1. The summed E-state index contributed by atoms with van der Waals surface area (Å²) >= 11 is 0. The van der Waals surface area contributed by atoms with Gasteiger partial charge in [0, 0.05) is 12.3 Å². The molecule has 25 heavy (non-hydrogen) atoms. The quantitative estimate of drug-likeness (QED) is 0.261. The van der Waals surface area contributed by atoms with Gasteiger partial charge in [-0.25, -0.2) is 9.79 Å². The Morgan fingerprint density at radius 2 is 2.12 bits per heavy atom. The van der Waals surface area contributed by atoms with Crippen LogP contribution in [0.1, 0.15) is 46.7 Å². The van der Waals surface area contributed by atoms with Gasteiger partial charge in [-0.1, -0.05) is 13.0 Å². The molecule has 0 aliphatic carbocycles. The molecule has 0 fully saturated rings. The Bertz CT molecular complexity index is 643. The van der Waals surface area contributed by atoms with Gasteiger partial charge in [-0.2, -0.15) is 0 Å². The summed E-state index contributed by atoms with van der Waals surface area (Å²) in [5.41, 5.74) is 1.28. The molecule has 6 nitrogen and oxygen atoms in total. The summed E-state index contributed by atoms with van der Waals surface area (Å²) in [6.45, 7) is 10.6. The molecule has 1 heterocycles. The van der Waals surface area contributed by atoms with Gasteiger partial charge in [-0.05, 0) is 64.9 Å². The summed E-state index contributed by atoms with van der Waals surface area (Å²) in [6, 6.07) is 5.48. The summed E-state index contributed by atoms with van der Waals surface area (Å²) in [4.78, 5) is 20.9. The van der Waals surface area contributed by atoms with E-state index in [1.54, 1.807) is 13.1 Å². The molecule has 136 valence electrons. The van der Waals surface area contributed by atoms with Crippen LogP contribution in [0.25, 0.3) is 0 Å². The molecule has 0 aliphatic rings. The molecular weight excluding hydrogens is 316 g/mol. The number of carbonyl (C=O) groups excluding carboxylic acids is 1. The van der Waals surface area contributed by atoms with Crippen molar-refractivity contribution < 1.29 is 9.53 Å². The molecule has 0 atom stereocenters. The van der Waals surface area contributed by atoms with Crippen molar-refractivity contribution in [1.29, 1.82) is 5.41 Å². The first-order valence-electron chi connectivity index (χ1n) is 8.43. The molecular formula is C19H28N4O2. The summed E-state index contributed by atoms with van der Waals surface area (Å²) in [7, 11) is 0. The van der Waals surface area contributed by atoms with Gasteiger partial charge in [0.05, 0.1) is 11.4 Å². The maximum absolute atomic E-state index is 12.3. The van der Waals surface area contributed by atoms with Crippen molar-refractivity contribution in [2.24, 2.45) is 4.99 Å². The highest BCUT2D eigenvalue weighted by atomic mass is 16.6. The molecule has 1 aromatic rings. The molecule has 2 N–H and O–H groups in total. The average molecular weight is 344 g/mol. The smallest absolute Gasteiger partial charge is 0.331 e. The molecule has 0 radical (unpaired) electrons. The monoisotopic (exact) mass is 344 g/mol. The Morgan fingerprint density at radius 3 is 2.64 bits per heavy atom. The van der Waals surface area contributed by atoms with Crippen molar-refractivity contribution in [1.82, 2.24) is 10.3 Å². The molecule has 0 aromatic carbocycles. The minimum atomic E-state index is -0.569. The Hall–Kier alpha value is -2.34. The van der Waals surface area contributed by atoms with Crippen molar-refractivity contribution in [3.05, 3.63) is 41.7 Å². The van der Waals surface area contributed by atoms with Crippen LogP contribution in [-0.2, 0) is 9.53 Å². The number of hydrogen-bond acceptors (Lipinski definition) is 5. The number of amidine groups is 1. The standard InChI is InChI=1S/C19H28N4O2/c1-6-21-12-10-15(13-17(24)25-19(3,4)5)18(23-14(2)20)16-9-7-8-11-22-16/h7-9,11,13,20-21H,6,10,12H2,1-5H3/b15-13+,20-14?,23-18+. The van der Waals surface area contributed by atoms with E-state index >= 15 is 0 Å². The largest absolute Gasteiger partial charge is 0.457 e. The van der Waals surface area contributed by atoms with Gasteiger partial charge in [0.1, 0.15) is 11.4 Å². The minimum Gasteiger partial charge on any atom is -0.457 e. The lowest BCUT2D eigenvalue weighted by molar-refractivity contribution is -0.148. The van der Waals surface area contributed by atoms with Crippen LogP contribution < -0.4 is 5.32 Å². The van der Waals surface area contributed by atoms with Crippen LogP contribution in [0.4, 0.5) is 0 Å². The van der Waals surface area contributed by atoms with Crippen LogP contribution in [0.15, 0.2) is 41.0 Å². The molecule has 0 bridgehead atoms. The Balaban J connectivity index is 3.25. The van der Waals surface area contributed by atoms with Crippen LogP contribution in [0.2, 0.25) is 0 Å². The van der Waals surface area contributed by atoms with E-state index < -0.39 is 11.6 Å². The number of aliphatic imine (C=N–C) groups is 1. The fraction of sp³-hybridized carbons (Fsp3) is 0.474. The highest BCUT2D eigenvalue weighted by Crippen LogP contribution is 2.14. The summed E-state index contributed by atoms with van der Waals surface area (Å²) < 4.78 is 5.40. The van der Waals surface area contributed by atoms with E-state index in [1.807, 2.05) is 45.9 Å². The van der Waals surface area contributed by atoms with E-state index in [0.717, 1.165) is 6.54 Å². The van der Waals surface area contributed by atoms with Crippen LogP contribution in [0.3, 0.4) is 0 Å². The second-order valence-electron chi connectivity index (χ2n) is 6.57. The molecule has 0 aliphatic heterocycles. The molecule has 0 unspecified atom stereocenters. The third-order valence-electron chi connectivity index (χ3n) is 3.01. The molecule has 6 heteroatoms. The third kappa shape index (κ3) is 8.35. The minimum absolute atomic E-state index is 0.152. The van der Waals surface area contributed by atoms with Gasteiger partial charge >= 0.3 is 5.97 Å². The zero-order valence-electron chi connectivity index (χ0n) is 15.7. The van der Waals surface area contributed by atoms with Gasteiger partial charge in [0.15, 0.2) is 0 Å². The number of nitrogens with one attached hydrogen (secondary N) is 2. The SMILES string of the molecule is CCNCCC(=C\C(=O)OC(C)(C)C)/C(=N\C(C)=N)c1ccccn1. The number of rotatable bonds is 7. The van der Waals surface area contributed by atoms with Crippen molar-refractivity contribution in [3.8, 4) is 0 Å². The maximum atomic E-state index is 12.3. The van der Waals surface area contributed by atoms with Crippen molar-refractivity contribution >= 4 is 17.5 Å². The molecule has 1 aromatic heterocycles. The number of esters is 1.